The predicted molar refractivity (Wildman–Crippen MR) is 98.6 cm³/mol. The van der Waals surface area contributed by atoms with Crippen molar-refractivity contribution < 1.29 is 14.2 Å². The van der Waals surface area contributed by atoms with Crippen molar-refractivity contribution in [3.8, 4) is 0 Å². The molecule has 0 amide bonds. The standard InChI is InChI=1S/C20H29ClFNO2/c21-19-13-17(22)5-6-18(19)16-3-1-15(2-4-16)7-10-23-20(14-24)8-11-25-12-9-20/h5-6,13,15-16,23-24H,1-4,7-12,14H2/t15-,16+. The molecule has 25 heavy (non-hydrogen) atoms. The lowest BCUT2D eigenvalue weighted by Gasteiger charge is -2.37. The molecule has 0 unspecified atom stereocenters. The lowest BCUT2D eigenvalue weighted by atomic mass is 9.77. The van der Waals surface area contributed by atoms with Crippen LogP contribution in [0, 0.1) is 11.7 Å². The Kier molecular flexibility index (Phi) is 6.73. The molecule has 1 aliphatic carbocycles. The van der Waals surface area contributed by atoms with Gasteiger partial charge >= 0.3 is 0 Å². The zero-order valence-electron chi connectivity index (χ0n) is 14.8. The van der Waals surface area contributed by atoms with E-state index in [4.69, 9.17) is 16.3 Å². The van der Waals surface area contributed by atoms with Crippen molar-refractivity contribution in [3.63, 3.8) is 0 Å². The zero-order chi connectivity index (χ0) is 17.7. The molecule has 1 aromatic rings. The first kappa shape index (κ1) is 19.1. The summed E-state index contributed by atoms with van der Waals surface area (Å²) in [6.45, 7) is 2.60. The molecule has 0 atom stereocenters. The summed E-state index contributed by atoms with van der Waals surface area (Å²) in [4.78, 5) is 0. The average Bonchev–Trinajstić information content (AvgIpc) is 2.63. The molecule has 140 valence electrons. The van der Waals surface area contributed by atoms with Gasteiger partial charge in [0.1, 0.15) is 5.82 Å². The summed E-state index contributed by atoms with van der Waals surface area (Å²) >= 11 is 6.22. The Labute approximate surface area is 154 Å². The highest BCUT2D eigenvalue weighted by Gasteiger charge is 2.31. The Bertz CT molecular complexity index is 555. The SMILES string of the molecule is OCC1(NCC[C@H]2CC[C@@H](c3ccc(F)cc3Cl)CC2)CCOCC1. The van der Waals surface area contributed by atoms with E-state index in [2.05, 4.69) is 5.32 Å². The Balaban J connectivity index is 1.43. The molecular weight excluding hydrogens is 341 g/mol. The number of benzene rings is 1. The fraction of sp³-hybridized carbons (Fsp3) is 0.700. The van der Waals surface area contributed by atoms with Crippen molar-refractivity contribution in [1.82, 2.24) is 5.32 Å². The first-order valence-corrected chi connectivity index (χ1v) is 9.88. The molecule has 0 radical (unpaired) electrons. The minimum Gasteiger partial charge on any atom is -0.394 e. The van der Waals surface area contributed by atoms with Crippen LogP contribution in [-0.4, -0.2) is 37.0 Å². The zero-order valence-corrected chi connectivity index (χ0v) is 15.5. The summed E-state index contributed by atoms with van der Waals surface area (Å²) in [6.07, 6.45) is 7.54. The van der Waals surface area contributed by atoms with E-state index in [-0.39, 0.29) is 18.0 Å². The maximum absolute atomic E-state index is 13.2. The lowest BCUT2D eigenvalue weighted by molar-refractivity contribution is 0.0114. The van der Waals surface area contributed by atoms with Crippen LogP contribution in [0.5, 0.6) is 0 Å². The van der Waals surface area contributed by atoms with Crippen LogP contribution in [0.1, 0.15) is 56.4 Å². The highest BCUT2D eigenvalue weighted by molar-refractivity contribution is 6.31. The molecule has 2 fully saturated rings. The maximum Gasteiger partial charge on any atom is 0.124 e. The second-order valence-electron chi connectivity index (χ2n) is 7.65. The van der Waals surface area contributed by atoms with Gasteiger partial charge in [0.25, 0.3) is 0 Å². The molecule has 1 saturated heterocycles. The van der Waals surface area contributed by atoms with E-state index in [0.717, 1.165) is 63.3 Å². The van der Waals surface area contributed by atoms with E-state index in [1.54, 1.807) is 0 Å². The van der Waals surface area contributed by atoms with Gasteiger partial charge in [-0.05, 0) is 81.0 Å². The monoisotopic (exact) mass is 369 g/mol. The molecule has 2 aliphatic rings. The summed E-state index contributed by atoms with van der Waals surface area (Å²) in [5, 5.41) is 13.9. The van der Waals surface area contributed by atoms with Gasteiger partial charge in [-0.3, -0.25) is 0 Å². The van der Waals surface area contributed by atoms with Crippen molar-refractivity contribution in [2.24, 2.45) is 5.92 Å². The van der Waals surface area contributed by atoms with Gasteiger partial charge in [0.15, 0.2) is 0 Å². The van der Waals surface area contributed by atoms with E-state index in [1.165, 1.54) is 25.0 Å². The molecule has 2 N–H and O–H groups in total. The molecular formula is C20H29ClFNO2. The van der Waals surface area contributed by atoms with Crippen molar-refractivity contribution in [3.05, 3.63) is 34.6 Å². The third kappa shape index (κ3) is 4.94. The molecule has 3 nitrogen and oxygen atoms in total. The highest BCUT2D eigenvalue weighted by atomic mass is 35.5. The number of aliphatic hydroxyl groups excluding tert-OH is 1. The van der Waals surface area contributed by atoms with Gasteiger partial charge < -0.3 is 15.2 Å². The van der Waals surface area contributed by atoms with Gasteiger partial charge in [0, 0.05) is 23.8 Å². The average molecular weight is 370 g/mol. The van der Waals surface area contributed by atoms with E-state index in [9.17, 15) is 9.50 Å². The smallest absolute Gasteiger partial charge is 0.124 e. The van der Waals surface area contributed by atoms with Crippen LogP contribution in [0.25, 0.3) is 0 Å². The Morgan fingerprint density at radius 2 is 1.92 bits per heavy atom. The second-order valence-corrected chi connectivity index (χ2v) is 8.06. The minimum absolute atomic E-state index is 0.142. The van der Waals surface area contributed by atoms with Crippen LogP contribution in [0.3, 0.4) is 0 Å². The molecule has 1 aromatic carbocycles. The molecule has 1 saturated carbocycles. The highest BCUT2D eigenvalue weighted by Crippen LogP contribution is 2.39. The summed E-state index contributed by atoms with van der Waals surface area (Å²) in [7, 11) is 0. The largest absolute Gasteiger partial charge is 0.394 e. The van der Waals surface area contributed by atoms with E-state index < -0.39 is 0 Å². The molecule has 3 rings (SSSR count). The number of rotatable bonds is 6. The second kappa shape index (κ2) is 8.81. The number of nitrogens with one attached hydrogen (secondary N) is 1. The summed E-state index contributed by atoms with van der Waals surface area (Å²) in [5.41, 5.74) is 0.956. The number of hydrogen-bond donors (Lipinski definition) is 2. The van der Waals surface area contributed by atoms with Crippen LogP contribution in [0.15, 0.2) is 18.2 Å². The van der Waals surface area contributed by atoms with Crippen molar-refractivity contribution in [2.45, 2.75) is 56.4 Å². The van der Waals surface area contributed by atoms with Crippen LogP contribution < -0.4 is 5.32 Å². The normalized spacial score (nSPS) is 26.5. The number of hydrogen-bond acceptors (Lipinski definition) is 3. The molecule has 0 bridgehead atoms. The minimum atomic E-state index is -0.264. The molecule has 5 heteroatoms. The Hall–Kier alpha value is -0.680. The molecule has 1 heterocycles. The molecule has 1 aliphatic heterocycles. The Morgan fingerprint density at radius 1 is 1.20 bits per heavy atom. The van der Waals surface area contributed by atoms with Crippen molar-refractivity contribution >= 4 is 11.6 Å². The predicted octanol–water partition coefficient (Wildman–Crippen LogP) is 4.27. The van der Waals surface area contributed by atoms with Crippen molar-refractivity contribution in [2.75, 3.05) is 26.4 Å². The van der Waals surface area contributed by atoms with Gasteiger partial charge in [-0.15, -0.1) is 0 Å². The van der Waals surface area contributed by atoms with Gasteiger partial charge in [0.2, 0.25) is 0 Å². The summed E-state index contributed by atoms with van der Waals surface area (Å²) in [5.74, 6) is 0.912. The third-order valence-electron chi connectivity index (χ3n) is 6.05. The molecule has 0 spiro atoms. The van der Waals surface area contributed by atoms with Crippen LogP contribution >= 0.6 is 11.6 Å². The number of aliphatic hydroxyl groups is 1. The van der Waals surface area contributed by atoms with Gasteiger partial charge in [-0.2, -0.15) is 0 Å². The number of halogens is 2. The Morgan fingerprint density at radius 3 is 2.56 bits per heavy atom. The van der Waals surface area contributed by atoms with Gasteiger partial charge in [0.05, 0.1) is 6.61 Å². The quantitative estimate of drug-likeness (QED) is 0.786. The fourth-order valence-corrected chi connectivity index (χ4v) is 4.61. The first-order chi connectivity index (χ1) is 12.1. The third-order valence-corrected chi connectivity index (χ3v) is 6.38. The van der Waals surface area contributed by atoms with Crippen LogP contribution in [0.4, 0.5) is 4.39 Å². The first-order valence-electron chi connectivity index (χ1n) is 9.50. The van der Waals surface area contributed by atoms with E-state index in [1.807, 2.05) is 6.07 Å². The van der Waals surface area contributed by atoms with Gasteiger partial charge in [-0.25, -0.2) is 4.39 Å². The molecule has 0 aromatic heterocycles. The summed E-state index contributed by atoms with van der Waals surface area (Å²) in [6, 6.07) is 4.79. The van der Waals surface area contributed by atoms with Gasteiger partial charge in [-0.1, -0.05) is 17.7 Å². The van der Waals surface area contributed by atoms with E-state index in [0.29, 0.717) is 10.9 Å². The van der Waals surface area contributed by atoms with Crippen LogP contribution in [0.2, 0.25) is 5.02 Å². The van der Waals surface area contributed by atoms with E-state index >= 15 is 0 Å². The summed E-state index contributed by atoms with van der Waals surface area (Å²) < 4.78 is 18.6. The maximum atomic E-state index is 13.2. The lowest BCUT2D eigenvalue weighted by Crippen LogP contribution is -2.52. The number of ether oxygens (including phenoxy) is 1. The fourth-order valence-electron chi connectivity index (χ4n) is 4.29. The van der Waals surface area contributed by atoms with Crippen molar-refractivity contribution in [1.29, 1.82) is 0 Å². The topological polar surface area (TPSA) is 41.5 Å². The van der Waals surface area contributed by atoms with Crippen LogP contribution in [-0.2, 0) is 4.74 Å².